The summed E-state index contributed by atoms with van der Waals surface area (Å²) in [5, 5.41) is 17.1. The average Bonchev–Trinajstić information content (AvgIpc) is 2.84. The van der Waals surface area contributed by atoms with Crippen LogP contribution in [0.25, 0.3) is 21.5 Å². The normalized spacial score (nSPS) is 12.8. The van der Waals surface area contributed by atoms with Gasteiger partial charge >= 0.3 is 11.9 Å². The highest BCUT2D eigenvalue weighted by atomic mass is 16.7. The van der Waals surface area contributed by atoms with Crippen LogP contribution in [-0.4, -0.2) is 36.5 Å². The van der Waals surface area contributed by atoms with E-state index in [2.05, 4.69) is 11.2 Å². The summed E-state index contributed by atoms with van der Waals surface area (Å²) in [5.41, 5.74) is -0.0274. The molecule has 1 atom stereocenters. The largest absolute Gasteiger partial charge is 0.465 e. The Morgan fingerprint density at radius 1 is 1.03 bits per heavy atom. The number of esters is 1. The molecule has 6 heteroatoms. The van der Waals surface area contributed by atoms with Gasteiger partial charge in [0, 0.05) is 12.2 Å². The predicted molar refractivity (Wildman–Crippen MR) is 135 cm³/mol. The minimum atomic E-state index is -0.914. The van der Waals surface area contributed by atoms with Crippen LogP contribution in [0, 0.1) is 11.3 Å². The highest BCUT2D eigenvalue weighted by molar-refractivity contribution is 6.13. The molecule has 3 aromatic carbocycles. The monoisotopic (exact) mass is 463 g/mol. The van der Waals surface area contributed by atoms with Gasteiger partial charge in [0.1, 0.15) is 0 Å². The zero-order chi connectivity index (χ0) is 24.6. The fourth-order valence-electron chi connectivity index (χ4n) is 4.04. The lowest BCUT2D eigenvalue weighted by Crippen LogP contribution is -2.31. The van der Waals surface area contributed by atoms with Crippen molar-refractivity contribution in [2.75, 3.05) is 13.2 Å². The van der Waals surface area contributed by atoms with Crippen molar-refractivity contribution in [1.29, 1.82) is 0 Å². The Morgan fingerprint density at radius 3 is 2.24 bits per heavy atom. The third-order valence-corrected chi connectivity index (χ3v) is 6.06. The van der Waals surface area contributed by atoms with Crippen LogP contribution in [-0.2, 0) is 19.2 Å². The molecule has 3 aromatic rings. The van der Waals surface area contributed by atoms with Gasteiger partial charge in [-0.3, -0.25) is 4.79 Å². The minimum absolute atomic E-state index is 0.0721. The molecule has 0 saturated heterocycles. The lowest BCUT2D eigenvalue weighted by Gasteiger charge is -2.25. The van der Waals surface area contributed by atoms with Crippen LogP contribution in [0.2, 0.25) is 0 Å². The Labute approximate surface area is 200 Å². The van der Waals surface area contributed by atoms with E-state index in [0.717, 1.165) is 27.1 Å². The number of carbonyl (C=O) groups is 2. The Bertz CT molecular complexity index is 1110. The van der Waals surface area contributed by atoms with E-state index in [9.17, 15) is 9.59 Å². The molecule has 0 fully saturated rings. The van der Waals surface area contributed by atoms with Gasteiger partial charge in [0.05, 0.1) is 24.2 Å². The molecule has 0 radical (unpaired) electrons. The zero-order valence-corrected chi connectivity index (χ0v) is 20.1. The molecule has 34 heavy (non-hydrogen) atoms. The Balaban J connectivity index is 1.71. The smallest absolute Gasteiger partial charge is 0.340 e. The number of aliphatic hydroxyl groups excluding tert-OH is 1. The van der Waals surface area contributed by atoms with Crippen LogP contribution in [0.1, 0.15) is 52.0 Å². The van der Waals surface area contributed by atoms with Crippen molar-refractivity contribution in [1.82, 2.24) is 0 Å². The van der Waals surface area contributed by atoms with E-state index in [1.165, 1.54) is 0 Å². The van der Waals surface area contributed by atoms with Gasteiger partial charge in [0.25, 0.3) is 0 Å². The fraction of sp³-hybridized carbons (Fsp3) is 0.393. The van der Waals surface area contributed by atoms with Crippen LogP contribution < -0.4 is 0 Å². The molecule has 0 aliphatic carbocycles. The van der Waals surface area contributed by atoms with E-state index < -0.39 is 17.3 Å². The maximum atomic E-state index is 12.8. The molecule has 1 unspecified atom stereocenters. The van der Waals surface area contributed by atoms with Crippen molar-refractivity contribution >= 4 is 39.7 Å². The number of aliphatic hydroxyl groups is 1. The number of fused-ring (bicyclic) bond motifs is 2. The summed E-state index contributed by atoms with van der Waals surface area (Å²) in [5.74, 6) is -1.24. The molecule has 1 N–H and O–H groups in total. The molecule has 6 nitrogen and oxygen atoms in total. The topological polar surface area (TPSA) is 85.2 Å². The van der Waals surface area contributed by atoms with E-state index in [-0.39, 0.29) is 19.2 Å². The number of carbonyl (C=O) groups excluding carboxylic acids is 2. The molecule has 3 rings (SSSR count). The Kier molecular flexibility index (Phi) is 8.77. The quantitative estimate of drug-likeness (QED) is 0.0995. The first kappa shape index (κ1) is 25.4. The summed E-state index contributed by atoms with van der Waals surface area (Å²) in [4.78, 5) is 30.6. The standard InChI is InChI=1S/C28H33NO5/c1-4-20(26(31)33-16-10-9-15-30)18-28(2,3)27(32)34-29-19-25-23-13-7-5-11-21(23)17-22-12-6-8-14-24(22)25/h5-8,11-14,17,19-20,30H,4,9-10,15-16,18H2,1-3H3. The van der Waals surface area contributed by atoms with Gasteiger partial charge in [-0.1, -0.05) is 60.6 Å². The number of hydrogen-bond acceptors (Lipinski definition) is 6. The molecule has 0 aliphatic heterocycles. The molecule has 0 amide bonds. The van der Waals surface area contributed by atoms with Gasteiger partial charge in [-0.15, -0.1) is 0 Å². The molecule has 0 saturated carbocycles. The predicted octanol–water partition coefficient (Wildman–Crippen LogP) is 5.63. The third kappa shape index (κ3) is 6.20. The highest BCUT2D eigenvalue weighted by Crippen LogP contribution is 2.30. The van der Waals surface area contributed by atoms with Gasteiger partial charge in [-0.25, -0.2) is 4.79 Å². The second-order valence-electron chi connectivity index (χ2n) is 9.14. The lowest BCUT2D eigenvalue weighted by atomic mass is 9.82. The number of hydrogen-bond donors (Lipinski definition) is 1. The van der Waals surface area contributed by atoms with E-state index >= 15 is 0 Å². The van der Waals surface area contributed by atoms with E-state index in [1.807, 2.05) is 55.5 Å². The highest BCUT2D eigenvalue weighted by Gasteiger charge is 2.35. The van der Waals surface area contributed by atoms with Gasteiger partial charge < -0.3 is 14.7 Å². The van der Waals surface area contributed by atoms with Crippen LogP contribution in [0.15, 0.2) is 59.8 Å². The molecule has 0 bridgehead atoms. The summed E-state index contributed by atoms with van der Waals surface area (Å²) < 4.78 is 5.31. The van der Waals surface area contributed by atoms with E-state index in [4.69, 9.17) is 14.7 Å². The van der Waals surface area contributed by atoms with Crippen LogP contribution in [0.5, 0.6) is 0 Å². The van der Waals surface area contributed by atoms with Gasteiger partial charge in [0.15, 0.2) is 0 Å². The second kappa shape index (κ2) is 11.7. The maximum absolute atomic E-state index is 12.8. The van der Waals surface area contributed by atoms with Crippen LogP contribution in [0.3, 0.4) is 0 Å². The molecule has 0 heterocycles. The van der Waals surface area contributed by atoms with Gasteiger partial charge in [-0.2, -0.15) is 0 Å². The Morgan fingerprint density at radius 2 is 1.65 bits per heavy atom. The SMILES string of the molecule is CCC(CC(C)(C)C(=O)ON=Cc1c2ccccc2cc2ccccc12)C(=O)OCCCCO. The molecular weight excluding hydrogens is 430 g/mol. The molecule has 0 aliphatic rings. The van der Waals surface area contributed by atoms with E-state index in [1.54, 1.807) is 20.1 Å². The molecular formula is C28H33NO5. The number of ether oxygens (including phenoxy) is 1. The number of oxime groups is 1. The van der Waals surface area contributed by atoms with Gasteiger partial charge in [-0.05, 0) is 67.1 Å². The maximum Gasteiger partial charge on any atom is 0.340 e. The summed E-state index contributed by atoms with van der Waals surface area (Å²) in [6, 6.07) is 18.2. The minimum Gasteiger partial charge on any atom is -0.465 e. The van der Waals surface area contributed by atoms with Crippen molar-refractivity contribution in [2.45, 2.75) is 46.5 Å². The number of rotatable bonds is 11. The summed E-state index contributed by atoms with van der Waals surface area (Å²) in [6.45, 7) is 5.73. The molecule has 180 valence electrons. The Hall–Kier alpha value is -3.25. The van der Waals surface area contributed by atoms with Crippen molar-refractivity contribution in [3.8, 4) is 0 Å². The average molecular weight is 464 g/mol. The van der Waals surface area contributed by atoms with Crippen molar-refractivity contribution in [3.05, 3.63) is 60.2 Å². The summed E-state index contributed by atoms with van der Waals surface area (Å²) in [7, 11) is 0. The first-order valence-electron chi connectivity index (χ1n) is 11.8. The summed E-state index contributed by atoms with van der Waals surface area (Å²) in [6.07, 6.45) is 3.65. The van der Waals surface area contributed by atoms with Crippen molar-refractivity contribution in [3.63, 3.8) is 0 Å². The van der Waals surface area contributed by atoms with E-state index in [0.29, 0.717) is 25.7 Å². The lowest BCUT2D eigenvalue weighted by molar-refractivity contribution is -0.157. The molecule has 0 aromatic heterocycles. The van der Waals surface area contributed by atoms with Crippen molar-refractivity contribution < 1.29 is 24.3 Å². The van der Waals surface area contributed by atoms with Gasteiger partial charge in [0.2, 0.25) is 0 Å². The van der Waals surface area contributed by atoms with Crippen molar-refractivity contribution in [2.24, 2.45) is 16.5 Å². The van der Waals surface area contributed by atoms with Crippen LogP contribution >= 0.6 is 0 Å². The zero-order valence-electron chi connectivity index (χ0n) is 20.1. The number of nitrogens with zero attached hydrogens (tertiary/aromatic N) is 1. The number of benzene rings is 3. The molecule has 0 spiro atoms. The van der Waals surface area contributed by atoms with Crippen LogP contribution in [0.4, 0.5) is 0 Å². The number of unbranched alkanes of at least 4 members (excludes halogenated alkanes) is 1. The fourth-order valence-corrected chi connectivity index (χ4v) is 4.04. The summed E-state index contributed by atoms with van der Waals surface area (Å²) >= 11 is 0. The second-order valence-corrected chi connectivity index (χ2v) is 9.14. The third-order valence-electron chi connectivity index (χ3n) is 6.06. The first-order valence-corrected chi connectivity index (χ1v) is 11.8. The first-order chi connectivity index (χ1) is 16.4.